The molecular weight excluding hydrogens is 807 g/mol. The number of hydrogen-bond donors (Lipinski definition) is 0. The minimum absolute atomic E-state index is 0.707. The van der Waals surface area contributed by atoms with Crippen LogP contribution in [0.3, 0.4) is 0 Å². The van der Waals surface area contributed by atoms with Gasteiger partial charge >= 0.3 is 0 Å². The lowest BCUT2D eigenvalue weighted by Gasteiger charge is -2.26. The maximum Gasteiger partial charge on any atom is 0.143 e. The standard InChI is InChI=1S/C58H44BrNO/c59-56-38-46(51-16-8-13-43-12-4-5-14-50(43)51)30-37-52(56)44-26-33-48(34-27-44)60(47-31-24-42(25-32-47)41-22-20-40(21-23-41)39-10-2-1-3-11-39)49-35-28-45(29-36-49)53-17-9-18-55-54-15-6-7-19-57(54)61-58(53)55/h4-9,12-39H,1-3,10-11H2. The van der Waals surface area contributed by atoms with E-state index in [1.54, 1.807) is 0 Å². The predicted molar refractivity (Wildman–Crippen MR) is 261 cm³/mol. The SMILES string of the molecule is Brc1cc(-c2cccc3ccccc23)ccc1-c1ccc(N(c2ccc(-c3ccc(C4CCCCC4)cc3)cc2)c2ccc(-c3cccc4c3oc3ccccc34)cc2)cc1. The molecule has 1 saturated carbocycles. The van der Waals surface area contributed by atoms with Gasteiger partial charge in [0.05, 0.1) is 0 Å². The van der Waals surface area contributed by atoms with Crippen molar-refractivity contribution in [2.24, 2.45) is 0 Å². The van der Waals surface area contributed by atoms with Crippen molar-refractivity contribution >= 4 is 65.7 Å². The van der Waals surface area contributed by atoms with Gasteiger partial charge < -0.3 is 9.32 Å². The first-order chi connectivity index (χ1) is 30.1. The summed E-state index contributed by atoms with van der Waals surface area (Å²) in [5.74, 6) is 0.707. The van der Waals surface area contributed by atoms with E-state index in [0.717, 1.165) is 65.7 Å². The first-order valence-corrected chi connectivity index (χ1v) is 22.3. The van der Waals surface area contributed by atoms with Gasteiger partial charge in [0.1, 0.15) is 11.2 Å². The molecule has 294 valence electrons. The van der Waals surface area contributed by atoms with E-state index in [1.807, 2.05) is 12.1 Å². The fourth-order valence-electron chi connectivity index (χ4n) is 9.58. The molecule has 1 aromatic heterocycles. The highest BCUT2D eigenvalue weighted by Crippen LogP contribution is 2.42. The molecule has 1 fully saturated rings. The molecule has 10 aromatic rings. The second-order valence-electron chi connectivity index (χ2n) is 16.4. The van der Waals surface area contributed by atoms with Crippen LogP contribution in [-0.2, 0) is 0 Å². The third-order valence-electron chi connectivity index (χ3n) is 12.8. The van der Waals surface area contributed by atoms with Crippen LogP contribution in [0.4, 0.5) is 17.1 Å². The van der Waals surface area contributed by atoms with Crippen molar-refractivity contribution in [2.75, 3.05) is 4.90 Å². The molecule has 9 aromatic carbocycles. The van der Waals surface area contributed by atoms with Crippen molar-refractivity contribution in [2.45, 2.75) is 38.0 Å². The highest BCUT2D eigenvalue weighted by molar-refractivity contribution is 9.10. The molecule has 2 nitrogen and oxygen atoms in total. The summed E-state index contributed by atoms with van der Waals surface area (Å²) < 4.78 is 7.50. The quantitative estimate of drug-likeness (QED) is 0.151. The van der Waals surface area contributed by atoms with Crippen LogP contribution in [0.2, 0.25) is 0 Å². The van der Waals surface area contributed by atoms with Gasteiger partial charge in [-0.05, 0) is 123 Å². The van der Waals surface area contributed by atoms with E-state index in [2.05, 4.69) is 209 Å². The molecule has 0 atom stereocenters. The Labute approximate surface area is 365 Å². The number of rotatable bonds is 8. The molecule has 0 N–H and O–H groups in total. The third kappa shape index (κ3) is 7.13. The Balaban J connectivity index is 0.932. The normalized spacial score (nSPS) is 13.3. The first kappa shape index (κ1) is 37.3. The second kappa shape index (κ2) is 16.1. The van der Waals surface area contributed by atoms with Gasteiger partial charge in [-0.15, -0.1) is 0 Å². The minimum atomic E-state index is 0.707. The largest absolute Gasteiger partial charge is 0.455 e. The van der Waals surface area contributed by atoms with Crippen LogP contribution in [-0.4, -0.2) is 0 Å². The Bertz CT molecular complexity index is 3150. The van der Waals surface area contributed by atoms with E-state index in [1.165, 1.54) is 70.7 Å². The number of furan rings is 1. The van der Waals surface area contributed by atoms with Gasteiger partial charge in [0, 0.05) is 37.9 Å². The smallest absolute Gasteiger partial charge is 0.143 e. The molecule has 0 bridgehead atoms. The molecule has 0 aliphatic heterocycles. The van der Waals surface area contributed by atoms with E-state index in [9.17, 15) is 0 Å². The Morgan fingerprint density at radius 2 is 0.934 bits per heavy atom. The van der Waals surface area contributed by atoms with Gasteiger partial charge in [-0.2, -0.15) is 0 Å². The number of nitrogens with zero attached hydrogens (tertiary/aromatic N) is 1. The maximum atomic E-state index is 6.43. The number of anilines is 3. The van der Waals surface area contributed by atoms with E-state index < -0.39 is 0 Å². The Morgan fingerprint density at radius 1 is 0.410 bits per heavy atom. The van der Waals surface area contributed by atoms with Crippen LogP contribution in [0, 0.1) is 0 Å². The van der Waals surface area contributed by atoms with Crippen LogP contribution in [0.25, 0.3) is 77.2 Å². The van der Waals surface area contributed by atoms with Crippen LogP contribution in [0.15, 0.2) is 209 Å². The average Bonchev–Trinajstić information content (AvgIpc) is 3.72. The summed E-state index contributed by atoms with van der Waals surface area (Å²) in [6.45, 7) is 0. The number of para-hydroxylation sites is 2. The number of benzene rings is 9. The van der Waals surface area contributed by atoms with Gasteiger partial charge in [-0.3, -0.25) is 0 Å². The number of hydrogen-bond acceptors (Lipinski definition) is 2. The molecule has 3 heteroatoms. The van der Waals surface area contributed by atoms with Crippen molar-refractivity contribution in [3.05, 3.63) is 210 Å². The van der Waals surface area contributed by atoms with Crippen molar-refractivity contribution in [1.82, 2.24) is 0 Å². The van der Waals surface area contributed by atoms with E-state index in [4.69, 9.17) is 4.42 Å². The molecule has 0 radical (unpaired) electrons. The zero-order valence-electron chi connectivity index (χ0n) is 33.9. The molecule has 0 spiro atoms. The molecule has 1 heterocycles. The highest BCUT2D eigenvalue weighted by atomic mass is 79.9. The van der Waals surface area contributed by atoms with Gasteiger partial charge in [-0.1, -0.05) is 187 Å². The predicted octanol–water partition coefficient (Wildman–Crippen LogP) is 17.7. The fraction of sp³-hybridized carbons (Fsp3) is 0.103. The number of fused-ring (bicyclic) bond motifs is 4. The fourth-order valence-corrected chi connectivity index (χ4v) is 10.2. The highest BCUT2D eigenvalue weighted by Gasteiger charge is 2.18. The van der Waals surface area contributed by atoms with Gasteiger partial charge in [0.15, 0.2) is 0 Å². The summed E-state index contributed by atoms with van der Waals surface area (Å²) in [5, 5.41) is 4.78. The zero-order chi connectivity index (χ0) is 40.7. The molecule has 0 amide bonds. The molecule has 0 saturated heterocycles. The van der Waals surface area contributed by atoms with Gasteiger partial charge in [-0.25, -0.2) is 0 Å². The summed E-state index contributed by atoms with van der Waals surface area (Å²) in [7, 11) is 0. The molecule has 1 aliphatic rings. The second-order valence-corrected chi connectivity index (χ2v) is 17.3. The first-order valence-electron chi connectivity index (χ1n) is 21.5. The van der Waals surface area contributed by atoms with Crippen molar-refractivity contribution in [3.63, 3.8) is 0 Å². The summed E-state index contributed by atoms with van der Waals surface area (Å²) in [5.41, 5.74) is 16.0. The molecule has 11 rings (SSSR count). The molecule has 1 aliphatic carbocycles. The van der Waals surface area contributed by atoms with E-state index in [0.29, 0.717) is 5.92 Å². The topological polar surface area (TPSA) is 16.4 Å². The summed E-state index contributed by atoms with van der Waals surface area (Å²) >= 11 is 3.95. The third-order valence-corrected chi connectivity index (χ3v) is 13.4. The van der Waals surface area contributed by atoms with Gasteiger partial charge in [0.25, 0.3) is 0 Å². The lowest BCUT2D eigenvalue weighted by atomic mass is 9.84. The lowest BCUT2D eigenvalue weighted by molar-refractivity contribution is 0.443. The van der Waals surface area contributed by atoms with Crippen molar-refractivity contribution in [1.29, 1.82) is 0 Å². The van der Waals surface area contributed by atoms with Crippen molar-refractivity contribution in [3.8, 4) is 44.5 Å². The zero-order valence-corrected chi connectivity index (χ0v) is 35.5. The number of halogens is 1. The Hall–Kier alpha value is -6.68. The lowest BCUT2D eigenvalue weighted by Crippen LogP contribution is -2.09. The molecule has 0 unspecified atom stereocenters. The van der Waals surface area contributed by atoms with Crippen LogP contribution in [0.1, 0.15) is 43.6 Å². The van der Waals surface area contributed by atoms with E-state index >= 15 is 0 Å². The van der Waals surface area contributed by atoms with Gasteiger partial charge in [0.2, 0.25) is 0 Å². The maximum absolute atomic E-state index is 6.43. The Morgan fingerprint density at radius 3 is 1.62 bits per heavy atom. The Kier molecular flexibility index (Phi) is 9.83. The summed E-state index contributed by atoms with van der Waals surface area (Å²) in [4.78, 5) is 2.35. The van der Waals surface area contributed by atoms with Crippen molar-refractivity contribution < 1.29 is 4.42 Å². The summed E-state index contributed by atoms with van der Waals surface area (Å²) in [6, 6.07) is 72.7. The van der Waals surface area contributed by atoms with Crippen LogP contribution < -0.4 is 4.90 Å². The van der Waals surface area contributed by atoms with Crippen LogP contribution in [0.5, 0.6) is 0 Å². The summed E-state index contributed by atoms with van der Waals surface area (Å²) in [6.07, 6.45) is 6.71. The minimum Gasteiger partial charge on any atom is -0.455 e. The average molecular weight is 851 g/mol. The monoisotopic (exact) mass is 849 g/mol. The van der Waals surface area contributed by atoms with E-state index in [-0.39, 0.29) is 0 Å². The van der Waals surface area contributed by atoms with Crippen LogP contribution >= 0.6 is 15.9 Å². The molecule has 61 heavy (non-hydrogen) atoms. The molecular formula is C58H44BrNO.